The van der Waals surface area contributed by atoms with Gasteiger partial charge >= 0.3 is 0 Å². The molecule has 106 valence electrons. The van der Waals surface area contributed by atoms with E-state index in [1.807, 2.05) is 36.4 Å². The number of benzene rings is 2. The van der Waals surface area contributed by atoms with Crippen molar-refractivity contribution >= 4 is 34.3 Å². The highest BCUT2D eigenvalue weighted by Gasteiger charge is 2.09. The SMILES string of the molecule is O=C(CCc1nc2ccccc2o1)Nc1ccccc1Cl. The van der Waals surface area contributed by atoms with Crippen molar-refractivity contribution in [3.63, 3.8) is 0 Å². The van der Waals surface area contributed by atoms with Gasteiger partial charge in [-0.2, -0.15) is 0 Å². The Hall–Kier alpha value is -2.33. The number of nitrogens with zero attached hydrogens (tertiary/aromatic N) is 1. The van der Waals surface area contributed by atoms with Gasteiger partial charge in [0.15, 0.2) is 11.5 Å². The monoisotopic (exact) mass is 300 g/mol. The number of para-hydroxylation sites is 3. The smallest absolute Gasteiger partial charge is 0.224 e. The van der Waals surface area contributed by atoms with Gasteiger partial charge in [0.05, 0.1) is 10.7 Å². The van der Waals surface area contributed by atoms with E-state index in [2.05, 4.69) is 10.3 Å². The molecule has 5 heteroatoms. The third kappa shape index (κ3) is 3.23. The summed E-state index contributed by atoms with van der Waals surface area (Å²) in [6.45, 7) is 0. The van der Waals surface area contributed by atoms with Crippen LogP contribution in [0, 0.1) is 0 Å². The number of hydrogen-bond acceptors (Lipinski definition) is 3. The first kappa shape index (κ1) is 13.6. The predicted molar refractivity (Wildman–Crippen MR) is 82.4 cm³/mol. The Kier molecular flexibility index (Phi) is 3.88. The van der Waals surface area contributed by atoms with E-state index < -0.39 is 0 Å². The first-order valence-electron chi connectivity index (χ1n) is 6.61. The number of aromatic nitrogens is 1. The molecule has 3 aromatic rings. The zero-order valence-electron chi connectivity index (χ0n) is 11.2. The van der Waals surface area contributed by atoms with Crippen molar-refractivity contribution in [3.05, 3.63) is 59.4 Å². The summed E-state index contributed by atoms with van der Waals surface area (Å²) in [6.07, 6.45) is 0.739. The quantitative estimate of drug-likeness (QED) is 0.790. The molecular formula is C16H13ClN2O2. The van der Waals surface area contributed by atoms with Crippen molar-refractivity contribution in [2.24, 2.45) is 0 Å². The van der Waals surface area contributed by atoms with E-state index in [4.69, 9.17) is 16.0 Å². The lowest BCUT2D eigenvalue weighted by atomic mass is 10.2. The number of rotatable bonds is 4. The number of halogens is 1. The molecule has 1 aromatic heterocycles. The van der Waals surface area contributed by atoms with Crippen LogP contribution in [0.1, 0.15) is 12.3 Å². The van der Waals surface area contributed by atoms with Gasteiger partial charge in [0.1, 0.15) is 5.52 Å². The largest absolute Gasteiger partial charge is 0.441 e. The van der Waals surface area contributed by atoms with E-state index in [-0.39, 0.29) is 12.3 Å². The maximum atomic E-state index is 11.9. The molecule has 0 atom stereocenters. The number of nitrogens with one attached hydrogen (secondary N) is 1. The molecule has 1 heterocycles. The van der Waals surface area contributed by atoms with Crippen LogP contribution in [-0.2, 0) is 11.2 Å². The van der Waals surface area contributed by atoms with Crippen LogP contribution < -0.4 is 5.32 Å². The Labute approximate surface area is 126 Å². The summed E-state index contributed by atoms with van der Waals surface area (Å²) in [6, 6.07) is 14.7. The summed E-state index contributed by atoms with van der Waals surface area (Å²) >= 11 is 5.99. The summed E-state index contributed by atoms with van der Waals surface area (Å²) in [4.78, 5) is 16.3. The van der Waals surface area contributed by atoms with Crippen molar-refractivity contribution in [2.45, 2.75) is 12.8 Å². The summed E-state index contributed by atoms with van der Waals surface area (Å²) in [5.74, 6) is 0.441. The molecule has 3 rings (SSSR count). The van der Waals surface area contributed by atoms with Crippen LogP contribution in [0.25, 0.3) is 11.1 Å². The van der Waals surface area contributed by atoms with Gasteiger partial charge in [-0.05, 0) is 24.3 Å². The number of carbonyl (C=O) groups is 1. The van der Waals surface area contributed by atoms with Gasteiger partial charge in [0, 0.05) is 12.8 Å². The lowest BCUT2D eigenvalue weighted by molar-refractivity contribution is -0.116. The van der Waals surface area contributed by atoms with Gasteiger partial charge in [0.25, 0.3) is 0 Å². The van der Waals surface area contributed by atoms with Gasteiger partial charge in [-0.3, -0.25) is 4.79 Å². The molecule has 0 spiro atoms. The van der Waals surface area contributed by atoms with Crippen LogP contribution in [0.15, 0.2) is 52.9 Å². The van der Waals surface area contributed by atoms with E-state index in [1.54, 1.807) is 12.1 Å². The summed E-state index contributed by atoms with van der Waals surface area (Å²) in [5.41, 5.74) is 2.15. The van der Waals surface area contributed by atoms with E-state index in [0.29, 0.717) is 23.0 Å². The van der Waals surface area contributed by atoms with Crippen molar-refractivity contribution in [2.75, 3.05) is 5.32 Å². The van der Waals surface area contributed by atoms with Crippen molar-refractivity contribution in [3.8, 4) is 0 Å². The molecule has 21 heavy (non-hydrogen) atoms. The fraction of sp³-hybridized carbons (Fsp3) is 0.125. The van der Waals surface area contributed by atoms with Crippen molar-refractivity contribution in [1.82, 2.24) is 4.98 Å². The molecule has 0 aliphatic carbocycles. The maximum absolute atomic E-state index is 11.9. The highest BCUT2D eigenvalue weighted by Crippen LogP contribution is 2.21. The number of carbonyl (C=O) groups excluding carboxylic acids is 1. The van der Waals surface area contributed by atoms with Crippen molar-refractivity contribution < 1.29 is 9.21 Å². The number of aryl methyl sites for hydroxylation is 1. The molecule has 0 radical (unpaired) electrons. The zero-order valence-corrected chi connectivity index (χ0v) is 11.9. The molecule has 0 fully saturated rings. The Morgan fingerprint density at radius 1 is 1.14 bits per heavy atom. The molecule has 0 unspecified atom stereocenters. The standard InChI is InChI=1S/C16H13ClN2O2/c17-11-5-1-2-6-12(11)18-15(20)9-10-16-19-13-7-3-4-8-14(13)21-16/h1-8H,9-10H2,(H,18,20). The molecule has 0 saturated carbocycles. The Morgan fingerprint density at radius 3 is 2.71 bits per heavy atom. The second-order valence-electron chi connectivity index (χ2n) is 4.60. The minimum absolute atomic E-state index is 0.120. The number of amides is 1. The highest BCUT2D eigenvalue weighted by atomic mass is 35.5. The molecular weight excluding hydrogens is 288 g/mol. The maximum Gasteiger partial charge on any atom is 0.224 e. The normalized spacial score (nSPS) is 10.7. The molecule has 0 saturated heterocycles. The van der Waals surface area contributed by atoms with Crippen LogP contribution in [0.4, 0.5) is 5.69 Å². The van der Waals surface area contributed by atoms with E-state index in [9.17, 15) is 4.79 Å². The molecule has 2 aromatic carbocycles. The van der Waals surface area contributed by atoms with Gasteiger partial charge in [-0.1, -0.05) is 35.9 Å². The topological polar surface area (TPSA) is 55.1 Å². The van der Waals surface area contributed by atoms with Gasteiger partial charge < -0.3 is 9.73 Å². The predicted octanol–water partition coefficient (Wildman–Crippen LogP) is 4.05. The van der Waals surface area contributed by atoms with Crippen LogP contribution in [-0.4, -0.2) is 10.9 Å². The summed E-state index contributed by atoms with van der Waals surface area (Å²) < 4.78 is 5.58. The van der Waals surface area contributed by atoms with Crippen LogP contribution in [0.5, 0.6) is 0 Å². The summed E-state index contributed by atoms with van der Waals surface area (Å²) in [7, 11) is 0. The molecule has 1 N–H and O–H groups in total. The third-order valence-corrected chi connectivity index (χ3v) is 3.38. The van der Waals surface area contributed by atoms with Crippen molar-refractivity contribution in [1.29, 1.82) is 0 Å². The molecule has 0 aliphatic rings. The minimum Gasteiger partial charge on any atom is -0.441 e. The molecule has 0 aliphatic heterocycles. The number of hydrogen-bond donors (Lipinski definition) is 1. The zero-order chi connectivity index (χ0) is 14.7. The Balaban J connectivity index is 1.62. The van der Waals surface area contributed by atoms with E-state index in [0.717, 1.165) is 11.1 Å². The van der Waals surface area contributed by atoms with E-state index >= 15 is 0 Å². The fourth-order valence-electron chi connectivity index (χ4n) is 2.02. The lowest BCUT2D eigenvalue weighted by Crippen LogP contribution is -2.12. The van der Waals surface area contributed by atoms with Gasteiger partial charge in [-0.25, -0.2) is 4.98 Å². The average molecular weight is 301 g/mol. The third-order valence-electron chi connectivity index (χ3n) is 3.05. The first-order chi connectivity index (χ1) is 10.2. The molecule has 4 nitrogen and oxygen atoms in total. The Morgan fingerprint density at radius 2 is 1.90 bits per heavy atom. The Bertz CT molecular complexity index is 750. The van der Waals surface area contributed by atoms with E-state index in [1.165, 1.54) is 0 Å². The molecule has 1 amide bonds. The molecule has 0 bridgehead atoms. The highest BCUT2D eigenvalue weighted by molar-refractivity contribution is 6.33. The number of oxazole rings is 1. The van der Waals surface area contributed by atoms with Crippen LogP contribution in [0.3, 0.4) is 0 Å². The first-order valence-corrected chi connectivity index (χ1v) is 6.99. The number of fused-ring (bicyclic) bond motifs is 1. The van der Waals surface area contributed by atoms with Crippen LogP contribution >= 0.6 is 11.6 Å². The lowest BCUT2D eigenvalue weighted by Gasteiger charge is -2.05. The summed E-state index contributed by atoms with van der Waals surface area (Å²) in [5, 5.41) is 3.29. The van der Waals surface area contributed by atoms with Crippen LogP contribution in [0.2, 0.25) is 5.02 Å². The van der Waals surface area contributed by atoms with Gasteiger partial charge in [0.2, 0.25) is 5.91 Å². The average Bonchev–Trinajstić information content (AvgIpc) is 2.90. The minimum atomic E-state index is -0.120. The van der Waals surface area contributed by atoms with Gasteiger partial charge in [-0.15, -0.1) is 0 Å². The number of anilines is 1. The fourth-order valence-corrected chi connectivity index (χ4v) is 2.21. The second kappa shape index (κ2) is 5.97. The second-order valence-corrected chi connectivity index (χ2v) is 5.01.